The van der Waals surface area contributed by atoms with E-state index in [1.54, 1.807) is 70.4 Å². The van der Waals surface area contributed by atoms with Gasteiger partial charge in [0.05, 0.1) is 17.5 Å². The van der Waals surface area contributed by atoms with Crippen molar-refractivity contribution in [2.24, 2.45) is 0 Å². The molecule has 12 heteroatoms. The minimum absolute atomic E-state index is 0.103. The lowest BCUT2D eigenvalue weighted by molar-refractivity contribution is -0.191. The molecule has 0 saturated carbocycles. The lowest BCUT2D eigenvalue weighted by atomic mass is 10.1. The van der Waals surface area contributed by atoms with Gasteiger partial charge in [0.15, 0.2) is 0 Å². The first-order valence-electron chi connectivity index (χ1n) is 13.4. The lowest BCUT2D eigenvalue weighted by Gasteiger charge is -2.00. The Kier molecular flexibility index (Phi) is 9.86. The first kappa shape index (κ1) is 32.4. The van der Waals surface area contributed by atoms with Crippen LogP contribution in [0.1, 0.15) is 31.8 Å². The van der Waals surface area contributed by atoms with E-state index in [1.165, 1.54) is 11.3 Å². The maximum Gasteiger partial charge on any atom is 0.373 e. The number of hydrogen-bond donors (Lipinski definition) is 3. The van der Waals surface area contributed by atoms with E-state index in [1.807, 2.05) is 36.4 Å². The predicted molar refractivity (Wildman–Crippen MR) is 180 cm³/mol. The molecule has 0 fully saturated rings. The SMILES string of the molecule is Cc1cc(-c2cc(CC(=O)O)c(-c3ccc(-c4cccc(C(=O)O)c4)s3)s2)sc1-c1ccc(-c2cccc(C(=O)O)c2)s1.O=C=O. The van der Waals surface area contributed by atoms with Crippen LogP contribution in [-0.2, 0) is 20.8 Å². The number of carboxylic acids is 3. The van der Waals surface area contributed by atoms with Gasteiger partial charge in [-0.2, -0.15) is 9.59 Å². The molecule has 0 unspecified atom stereocenters. The summed E-state index contributed by atoms with van der Waals surface area (Å²) in [7, 11) is 0. The molecule has 8 nitrogen and oxygen atoms in total. The van der Waals surface area contributed by atoms with Crippen LogP contribution in [0.25, 0.3) is 50.1 Å². The van der Waals surface area contributed by atoms with Crippen LogP contribution >= 0.6 is 45.3 Å². The highest BCUT2D eigenvalue weighted by Crippen LogP contribution is 2.48. The lowest BCUT2D eigenvalue weighted by Crippen LogP contribution is -1.99. The number of hydrogen-bond acceptors (Lipinski definition) is 9. The summed E-state index contributed by atoms with van der Waals surface area (Å²) in [6.45, 7) is 2.06. The smallest absolute Gasteiger partial charge is 0.373 e. The zero-order valence-corrected chi connectivity index (χ0v) is 27.1. The fraction of sp³-hybridized carbons (Fsp3) is 0.0588. The van der Waals surface area contributed by atoms with Gasteiger partial charge in [-0.1, -0.05) is 24.3 Å². The van der Waals surface area contributed by atoms with Crippen molar-refractivity contribution in [3.63, 3.8) is 0 Å². The van der Waals surface area contributed by atoms with Crippen LogP contribution in [-0.4, -0.2) is 39.4 Å². The molecule has 0 spiro atoms. The summed E-state index contributed by atoms with van der Waals surface area (Å²) in [5.74, 6) is -2.85. The van der Waals surface area contributed by atoms with Crippen LogP contribution < -0.4 is 0 Å². The van der Waals surface area contributed by atoms with Crippen LogP contribution in [0.3, 0.4) is 0 Å². The van der Waals surface area contributed by atoms with Gasteiger partial charge >= 0.3 is 24.1 Å². The first-order chi connectivity index (χ1) is 22.1. The molecule has 46 heavy (non-hydrogen) atoms. The Labute approximate surface area is 278 Å². The van der Waals surface area contributed by atoms with Gasteiger partial charge in [-0.15, -0.1) is 45.3 Å². The van der Waals surface area contributed by atoms with E-state index in [2.05, 4.69) is 19.1 Å². The normalized spacial score (nSPS) is 10.5. The number of carboxylic acid groups (broad SMARTS) is 3. The van der Waals surface area contributed by atoms with E-state index >= 15 is 0 Å². The van der Waals surface area contributed by atoms with Crippen LogP contribution in [0, 0.1) is 6.92 Å². The Bertz CT molecular complexity index is 2120. The molecular weight excluding hydrogens is 665 g/mol. The Morgan fingerprint density at radius 1 is 0.587 bits per heavy atom. The molecule has 6 aromatic rings. The molecule has 3 N–H and O–H groups in total. The third-order valence-corrected chi connectivity index (χ3v) is 12.0. The summed E-state index contributed by atoms with van der Waals surface area (Å²) >= 11 is 6.33. The average Bonchev–Trinajstić information content (AvgIpc) is 3.83. The highest BCUT2D eigenvalue weighted by molar-refractivity contribution is 7.29. The molecule has 0 radical (unpaired) electrons. The van der Waals surface area contributed by atoms with E-state index in [0.717, 1.165) is 61.3 Å². The fourth-order valence-electron chi connectivity index (χ4n) is 4.74. The maximum absolute atomic E-state index is 11.8. The van der Waals surface area contributed by atoms with E-state index in [0.29, 0.717) is 0 Å². The Hall–Kier alpha value is -4.97. The molecule has 4 heterocycles. The number of thiophene rings is 4. The average molecular weight is 687 g/mol. The molecule has 2 aromatic carbocycles. The molecule has 0 aliphatic carbocycles. The number of carbonyl (C=O) groups is 3. The summed E-state index contributed by atoms with van der Waals surface area (Å²) < 4.78 is 0. The minimum atomic E-state index is -0.984. The van der Waals surface area contributed by atoms with Gasteiger partial charge < -0.3 is 15.3 Å². The summed E-state index contributed by atoms with van der Waals surface area (Å²) in [6, 6.07) is 25.8. The zero-order chi connectivity index (χ0) is 33.0. The van der Waals surface area contributed by atoms with Gasteiger partial charge in [0.2, 0.25) is 0 Å². The van der Waals surface area contributed by atoms with Crippen LogP contribution in [0.2, 0.25) is 0 Å². The molecule has 0 aliphatic rings. The Morgan fingerprint density at radius 2 is 1.04 bits per heavy atom. The van der Waals surface area contributed by atoms with Crippen LogP contribution in [0.4, 0.5) is 0 Å². The van der Waals surface area contributed by atoms with E-state index in [9.17, 15) is 29.7 Å². The molecular formula is C34H22O8S4. The molecule has 4 aromatic heterocycles. The highest BCUT2D eigenvalue weighted by atomic mass is 32.1. The van der Waals surface area contributed by atoms with Crippen molar-refractivity contribution in [3.8, 4) is 50.1 Å². The maximum atomic E-state index is 11.8. The van der Waals surface area contributed by atoms with Crippen molar-refractivity contribution in [2.75, 3.05) is 0 Å². The number of benzene rings is 2. The number of aromatic carboxylic acids is 2. The summed E-state index contributed by atoms with van der Waals surface area (Å²) in [6.07, 6.45) is 0.147. The van der Waals surface area contributed by atoms with Crippen LogP contribution in [0.5, 0.6) is 0 Å². The third kappa shape index (κ3) is 7.12. The highest BCUT2D eigenvalue weighted by Gasteiger charge is 2.20. The largest absolute Gasteiger partial charge is 0.481 e. The zero-order valence-electron chi connectivity index (χ0n) is 23.8. The van der Waals surface area contributed by atoms with Crippen molar-refractivity contribution in [2.45, 2.75) is 13.3 Å². The van der Waals surface area contributed by atoms with Gasteiger partial charge in [-0.3, -0.25) is 4.79 Å². The summed E-state index contributed by atoms with van der Waals surface area (Å²) in [5, 5.41) is 28.4. The fourth-order valence-corrected chi connectivity index (χ4v) is 9.49. The second kappa shape index (κ2) is 14.0. The van der Waals surface area contributed by atoms with Gasteiger partial charge in [0, 0.05) is 39.0 Å². The van der Waals surface area contributed by atoms with Gasteiger partial charge in [0.1, 0.15) is 0 Å². The summed E-state index contributed by atoms with van der Waals surface area (Å²) in [4.78, 5) is 58.8. The Morgan fingerprint density at radius 3 is 1.54 bits per heavy atom. The molecule has 6 rings (SSSR count). The third-order valence-electron chi connectivity index (χ3n) is 6.76. The quantitative estimate of drug-likeness (QED) is 0.137. The molecule has 0 amide bonds. The first-order valence-corrected chi connectivity index (χ1v) is 16.7. The van der Waals surface area contributed by atoms with E-state index < -0.39 is 17.9 Å². The molecule has 0 bridgehead atoms. The Balaban J connectivity index is 0.00000134. The molecule has 0 aliphatic heterocycles. The standard InChI is InChI=1S/C33H22O6S4.CO2/c1-17-12-27(42-30(17)25-10-8-23(40-25)18-4-2-6-20(13-18)32(36)37)28-15-22(16-29(34)35)31(43-28)26-11-9-24(41-26)19-5-3-7-21(14-19)33(38)39;2-1-3/h2-15H,16H2,1H3,(H,34,35)(H,36,37)(H,38,39);. The van der Waals surface area contributed by atoms with Crippen molar-refractivity contribution >= 4 is 69.4 Å². The van der Waals surface area contributed by atoms with Gasteiger partial charge in [-0.05, 0) is 89.8 Å². The van der Waals surface area contributed by atoms with Crippen molar-refractivity contribution < 1.29 is 39.3 Å². The topological polar surface area (TPSA) is 146 Å². The summed E-state index contributed by atoms with van der Waals surface area (Å²) in [5.41, 5.74) is 3.98. The van der Waals surface area contributed by atoms with E-state index in [4.69, 9.17) is 9.59 Å². The predicted octanol–water partition coefficient (Wildman–Crippen LogP) is 9.02. The molecule has 0 saturated heterocycles. The minimum Gasteiger partial charge on any atom is -0.481 e. The number of rotatable bonds is 9. The van der Waals surface area contributed by atoms with Gasteiger partial charge in [-0.25, -0.2) is 9.59 Å². The van der Waals surface area contributed by atoms with Crippen molar-refractivity contribution in [1.29, 1.82) is 0 Å². The van der Waals surface area contributed by atoms with Gasteiger partial charge in [0.25, 0.3) is 0 Å². The molecule has 230 valence electrons. The second-order valence-electron chi connectivity index (χ2n) is 9.84. The number of aryl methyl sites for hydroxylation is 1. The second-order valence-corrected chi connectivity index (χ2v) is 14.1. The molecule has 0 atom stereocenters. The number of aliphatic carboxylic acids is 1. The number of carbonyl (C=O) groups excluding carboxylic acids is 2. The van der Waals surface area contributed by atoms with Crippen molar-refractivity contribution in [1.82, 2.24) is 0 Å². The monoisotopic (exact) mass is 686 g/mol. The van der Waals surface area contributed by atoms with Crippen LogP contribution in [0.15, 0.2) is 84.9 Å². The van der Waals surface area contributed by atoms with E-state index in [-0.39, 0.29) is 23.7 Å². The van der Waals surface area contributed by atoms with Crippen molar-refractivity contribution in [3.05, 3.63) is 107 Å².